The third-order valence-electron chi connectivity index (χ3n) is 3.57. The van der Waals surface area contributed by atoms with E-state index in [1.165, 1.54) is 4.90 Å². The van der Waals surface area contributed by atoms with Crippen LogP contribution >= 0.6 is 11.6 Å². The summed E-state index contributed by atoms with van der Waals surface area (Å²) >= 11 is 5.98. The molecule has 0 radical (unpaired) electrons. The van der Waals surface area contributed by atoms with Crippen molar-refractivity contribution in [2.24, 2.45) is 0 Å². The molecule has 2 aromatic rings. The Hall–Kier alpha value is -2.33. The number of anilines is 1. The maximum absolute atomic E-state index is 12.5. The second-order valence-corrected chi connectivity index (χ2v) is 5.12. The average Bonchev–Trinajstić information content (AvgIpc) is 2.73. The number of ether oxygens (including phenoxy) is 1. The van der Waals surface area contributed by atoms with Crippen molar-refractivity contribution in [2.45, 2.75) is 6.23 Å². The Morgan fingerprint density at radius 3 is 2.70 bits per heavy atom. The van der Waals surface area contributed by atoms with Crippen LogP contribution in [0.4, 0.5) is 5.69 Å². The normalized spacial score (nSPS) is 19.2. The molecular formula is C15H8ClNO3. The fourth-order valence-electron chi connectivity index (χ4n) is 2.68. The number of halogens is 1. The zero-order chi connectivity index (χ0) is 13.9. The first-order valence-electron chi connectivity index (χ1n) is 6.10. The van der Waals surface area contributed by atoms with E-state index in [1.54, 1.807) is 36.4 Å². The minimum atomic E-state index is -0.697. The minimum absolute atomic E-state index is 0.179. The van der Waals surface area contributed by atoms with Crippen LogP contribution in [0.5, 0.6) is 0 Å². The van der Waals surface area contributed by atoms with Gasteiger partial charge >= 0.3 is 5.97 Å². The Balaban J connectivity index is 1.97. The van der Waals surface area contributed by atoms with Gasteiger partial charge in [0.15, 0.2) is 0 Å². The zero-order valence-electron chi connectivity index (χ0n) is 10.2. The molecule has 1 atom stereocenters. The number of hydrogen-bond acceptors (Lipinski definition) is 3. The molecule has 2 aromatic carbocycles. The van der Waals surface area contributed by atoms with Crippen LogP contribution in [0.2, 0.25) is 5.02 Å². The molecule has 4 nitrogen and oxygen atoms in total. The molecule has 0 aromatic heterocycles. The number of fused-ring (bicyclic) bond motifs is 5. The molecule has 0 bridgehead atoms. The van der Waals surface area contributed by atoms with E-state index in [0.29, 0.717) is 27.4 Å². The molecule has 0 spiro atoms. The number of carbonyl (C=O) groups excluding carboxylic acids is 2. The first-order valence-corrected chi connectivity index (χ1v) is 6.47. The van der Waals surface area contributed by atoms with Crippen LogP contribution in [0.3, 0.4) is 0 Å². The summed E-state index contributed by atoms with van der Waals surface area (Å²) in [5, 5.41) is 0.473. The molecular weight excluding hydrogens is 278 g/mol. The van der Waals surface area contributed by atoms with Crippen molar-refractivity contribution in [3.63, 3.8) is 0 Å². The van der Waals surface area contributed by atoms with E-state index >= 15 is 0 Å². The maximum Gasteiger partial charge on any atom is 0.342 e. The minimum Gasteiger partial charge on any atom is -0.433 e. The summed E-state index contributed by atoms with van der Waals surface area (Å²) < 4.78 is 5.40. The molecule has 0 N–H and O–H groups in total. The number of rotatable bonds is 0. The van der Waals surface area contributed by atoms with Crippen molar-refractivity contribution >= 4 is 29.2 Å². The van der Waals surface area contributed by atoms with E-state index in [1.807, 2.05) is 6.07 Å². The second-order valence-electron chi connectivity index (χ2n) is 4.68. The Labute approximate surface area is 119 Å². The lowest BCUT2D eigenvalue weighted by Gasteiger charge is -2.31. The van der Waals surface area contributed by atoms with Gasteiger partial charge in [-0.15, -0.1) is 0 Å². The highest BCUT2D eigenvalue weighted by atomic mass is 35.5. The second kappa shape index (κ2) is 3.84. The van der Waals surface area contributed by atoms with Gasteiger partial charge in [-0.3, -0.25) is 9.69 Å². The van der Waals surface area contributed by atoms with Gasteiger partial charge in [0, 0.05) is 16.1 Å². The predicted octanol–water partition coefficient (Wildman–Crippen LogP) is 3.17. The topological polar surface area (TPSA) is 46.6 Å². The molecule has 2 heterocycles. The highest BCUT2D eigenvalue weighted by Gasteiger charge is 2.44. The molecule has 98 valence electrons. The van der Waals surface area contributed by atoms with E-state index in [4.69, 9.17) is 16.3 Å². The van der Waals surface area contributed by atoms with Crippen LogP contribution in [0.15, 0.2) is 42.5 Å². The molecule has 20 heavy (non-hydrogen) atoms. The first-order chi connectivity index (χ1) is 9.66. The van der Waals surface area contributed by atoms with Gasteiger partial charge in [-0.25, -0.2) is 4.79 Å². The number of benzene rings is 2. The number of esters is 1. The van der Waals surface area contributed by atoms with Crippen LogP contribution in [-0.4, -0.2) is 11.9 Å². The number of nitrogens with zero attached hydrogens (tertiary/aromatic N) is 1. The molecule has 0 saturated heterocycles. The van der Waals surface area contributed by atoms with Gasteiger partial charge < -0.3 is 4.74 Å². The van der Waals surface area contributed by atoms with Gasteiger partial charge in [-0.2, -0.15) is 0 Å². The molecule has 1 unspecified atom stereocenters. The molecule has 5 heteroatoms. The van der Waals surface area contributed by atoms with Crippen molar-refractivity contribution in [3.8, 4) is 0 Å². The molecule has 0 saturated carbocycles. The van der Waals surface area contributed by atoms with Gasteiger partial charge in [0.1, 0.15) is 0 Å². The van der Waals surface area contributed by atoms with Gasteiger partial charge in [-0.1, -0.05) is 29.8 Å². The smallest absolute Gasteiger partial charge is 0.342 e. The summed E-state index contributed by atoms with van der Waals surface area (Å²) in [6.45, 7) is 0. The van der Waals surface area contributed by atoms with Crippen molar-refractivity contribution in [1.82, 2.24) is 0 Å². The monoisotopic (exact) mass is 285 g/mol. The Morgan fingerprint density at radius 2 is 1.85 bits per heavy atom. The fourth-order valence-corrected chi connectivity index (χ4v) is 2.84. The van der Waals surface area contributed by atoms with Gasteiger partial charge in [0.2, 0.25) is 6.23 Å². The maximum atomic E-state index is 12.5. The fraction of sp³-hybridized carbons (Fsp3) is 0.0667. The Morgan fingerprint density at radius 1 is 1.05 bits per heavy atom. The number of carbonyl (C=O) groups is 2. The van der Waals surface area contributed by atoms with Crippen molar-refractivity contribution in [3.05, 3.63) is 64.2 Å². The first kappa shape index (κ1) is 11.5. The Kier molecular flexibility index (Phi) is 2.20. The average molecular weight is 286 g/mol. The highest BCUT2D eigenvalue weighted by molar-refractivity contribution is 6.31. The van der Waals surface area contributed by atoms with E-state index in [-0.39, 0.29) is 5.91 Å². The lowest BCUT2D eigenvalue weighted by atomic mass is 10.1. The lowest BCUT2D eigenvalue weighted by Crippen LogP contribution is -2.36. The van der Waals surface area contributed by atoms with Gasteiger partial charge in [-0.05, 0) is 24.3 Å². The van der Waals surface area contributed by atoms with Gasteiger partial charge in [0.05, 0.1) is 11.3 Å². The van der Waals surface area contributed by atoms with Crippen LogP contribution < -0.4 is 4.90 Å². The van der Waals surface area contributed by atoms with E-state index in [0.717, 1.165) is 0 Å². The molecule has 2 aliphatic heterocycles. The summed E-state index contributed by atoms with van der Waals surface area (Å²) in [5.41, 5.74) is 2.11. The third-order valence-corrected chi connectivity index (χ3v) is 3.80. The van der Waals surface area contributed by atoms with Crippen LogP contribution in [-0.2, 0) is 4.74 Å². The molecule has 0 fully saturated rings. The summed E-state index contributed by atoms with van der Waals surface area (Å²) in [6.07, 6.45) is -0.697. The van der Waals surface area contributed by atoms with Crippen molar-refractivity contribution < 1.29 is 14.3 Å². The summed E-state index contributed by atoms with van der Waals surface area (Å²) in [4.78, 5) is 26.0. The zero-order valence-corrected chi connectivity index (χ0v) is 10.9. The molecule has 1 amide bonds. The van der Waals surface area contributed by atoms with Crippen LogP contribution in [0.25, 0.3) is 0 Å². The SMILES string of the molecule is O=C1OC2c3ccccc3C(=O)N2c2cc(Cl)ccc21. The molecule has 0 aliphatic carbocycles. The van der Waals surface area contributed by atoms with Crippen LogP contribution in [0.1, 0.15) is 32.5 Å². The lowest BCUT2D eigenvalue weighted by molar-refractivity contribution is 0.0273. The van der Waals surface area contributed by atoms with Crippen LogP contribution in [0, 0.1) is 0 Å². The summed E-state index contributed by atoms with van der Waals surface area (Å²) in [7, 11) is 0. The largest absolute Gasteiger partial charge is 0.433 e. The van der Waals surface area contributed by atoms with E-state index in [2.05, 4.69) is 0 Å². The number of hydrogen-bond donors (Lipinski definition) is 0. The van der Waals surface area contributed by atoms with Crippen molar-refractivity contribution in [1.29, 1.82) is 0 Å². The summed E-state index contributed by atoms with van der Waals surface area (Å²) in [6, 6.07) is 11.9. The summed E-state index contributed by atoms with van der Waals surface area (Å²) in [5.74, 6) is -0.621. The standard InChI is InChI=1S/C15H8ClNO3/c16-8-5-6-11-12(7-8)17-13(18)9-3-1-2-4-10(9)14(17)20-15(11)19/h1-7,14H. The highest BCUT2D eigenvalue weighted by Crippen LogP contribution is 2.44. The van der Waals surface area contributed by atoms with Gasteiger partial charge in [0.25, 0.3) is 5.91 Å². The predicted molar refractivity (Wildman–Crippen MR) is 72.9 cm³/mol. The van der Waals surface area contributed by atoms with E-state index in [9.17, 15) is 9.59 Å². The third kappa shape index (κ3) is 1.37. The Bertz CT molecular complexity index is 771. The molecule has 2 aliphatic rings. The van der Waals surface area contributed by atoms with Crippen molar-refractivity contribution in [2.75, 3.05) is 4.90 Å². The van der Waals surface area contributed by atoms with E-state index < -0.39 is 12.2 Å². The number of amides is 1. The molecule has 4 rings (SSSR count). The quantitative estimate of drug-likeness (QED) is 0.699.